The molecule has 3 aromatic rings. The summed E-state index contributed by atoms with van der Waals surface area (Å²) in [5.41, 5.74) is 4.88. The summed E-state index contributed by atoms with van der Waals surface area (Å²) >= 11 is 0. The van der Waals surface area contributed by atoms with Crippen molar-refractivity contribution in [3.8, 4) is 0 Å². The quantitative estimate of drug-likeness (QED) is 0.714. The van der Waals surface area contributed by atoms with Gasteiger partial charge in [-0.1, -0.05) is 60.7 Å². The Morgan fingerprint density at radius 1 is 0.880 bits per heavy atom. The topological polar surface area (TPSA) is 29.1 Å². The summed E-state index contributed by atoms with van der Waals surface area (Å²) < 4.78 is 0. The lowest BCUT2D eigenvalue weighted by Gasteiger charge is -2.35. The molecule has 25 heavy (non-hydrogen) atoms. The van der Waals surface area contributed by atoms with Crippen LogP contribution in [-0.2, 0) is 12.8 Å². The van der Waals surface area contributed by atoms with E-state index in [0.717, 1.165) is 31.4 Å². The lowest BCUT2D eigenvalue weighted by molar-refractivity contribution is 0.0864. The average molecular weight is 327 g/mol. The summed E-state index contributed by atoms with van der Waals surface area (Å²) in [5, 5.41) is 6.09. The predicted octanol–water partition coefficient (Wildman–Crippen LogP) is 4.47. The summed E-state index contributed by atoms with van der Waals surface area (Å²) in [6, 6.07) is 21.3. The van der Waals surface area contributed by atoms with Gasteiger partial charge >= 0.3 is 0 Å². The minimum Gasteiger partial charge on any atom is -0.309 e. The predicted molar refractivity (Wildman–Crippen MR) is 101 cm³/mol. The number of ketones is 1. The highest BCUT2D eigenvalue weighted by Crippen LogP contribution is 2.39. The third-order valence-electron chi connectivity index (χ3n) is 5.90. The van der Waals surface area contributed by atoms with Gasteiger partial charge in [0.15, 0.2) is 5.78 Å². The molecule has 0 unspecified atom stereocenters. The lowest BCUT2D eigenvalue weighted by Crippen LogP contribution is -2.39. The third kappa shape index (κ3) is 2.32. The van der Waals surface area contributed by atoms with Crippen molar-refractivity contribution in [2.24, 2.45) is 5.92 Å². The van der Waals surface area contributed by atoms with Crippen molar-refractivity contribution in [3.05, 3.63) is 82.9 Å². The van der Waals surface area contributed by atoms with Crippen molar-refractivity contribution in [3.63, 3.8) is 0 Å². The molecule has 0 saturated heterocycles. The zero-order chi connectivity index (χ0) is 16.8. The van der Waals surface area contributed by atoms with E-state index < -0.39 is 0 Å². The Balaban J connectivity index is 1.57. The maximum absolute atomic E-state index is 13.3. The molecule has 0 aromatic heterocycles. The van der Waals surface area contributed by atoms with Gasteiger partial charge in [0.2, 0.25) is 0 Å². The van der Waals surface area contributed by atoms with E-state index in [1.54, 1.807) is 0 Å². The number of benzene rings is 3. The summed E-state index contributed by atoms with van der Waals surface area (Å²) in [6.07, 6.45) is 2.95. The van der Waals surface area contributed by atoms with Crippen LogP contribution in [0.3, 0.4) is 0 Å². The van der Waals surface area contributed by atoms with Gasteiger partial charge < -0.3 is 5.32 Å². The first kappa shape index (κ1) is 14.9. The molecule has 5 rings (SSSR count). The number of nitrogens with one attached hydrogen (secondary N) is 1. The molecular weight excluding hydrogens is 306 g/mol. The molecule has 124 valence electrons. The Hall–Kier alpha value is -2.45. The maximum atomic E-state index is 13.3. The SMILES string of the molecule is O=C1c2ccc3ccccc3c2CC[C@H]1[C@H]1NCCc2ccccc21. The Bertz CT molecular complexity index is 975. The Labute approximate surface area is 147 Å². The number of carbonyl (C=O) groups excluding carboxylic acids is 1. The van der Waals surface area contributed by atoms with Crippen LogP contribution in [0.1, 0.15) is 39.5 Å². The second-order valence-electron chi connectivity index (χ2n) is 7.20. The van der Waals surface area contributed by atoms with Crippen LogP contribution >= 0.6 is 0 Å². The molecule has 2 atom stereocenters. The average Bonchev–Trinajstić information content (AvgIpc) is 2.68. The van der Waals surface area contributed by atoms with Crippen LogP contribution < -0.4 is 5.32 Å². The molecule has 1 aliphatic heterocycles. The summed E-state index contributed by atoms with van der Waals surface area (Å²) in [5.74, 6) is 0.344. The van der Waals surface area contributed by atoms with E-state index in [2.05, 4.69) is 59.9 Å². The fraction of sp³-hybridized carbons (Fsp3) is 0.261. The molecular formula is C23H21NO. The molecule has 0 spiro atoms. The van der Waals surface area contributed by atoms with Crippen LogP contribution in [0.5, 0.6) is 0 Å². The lowest BCUT2D eigenvalue weighted by atomic mass is 9.74. The molecule has 0 bridgehead atoms. The monoisotopic (exact) mass is 327 g/mol. The van der Waals surface area contributed by atoms with Crippen molar-refractivity contribution in [1.82, 2.24) is 5.32 Å². The van der Waals surface area contributed by atoms with E-state index in [1.165, 1.54) is 27.5 Å². The first-order valence-corrected chi connectivity index (χ1v) is 9.19. The van der Waals surface area contributed by atoms with Crippen molar-refractivity contribution in [2.45, 2.75) is 25.3 Å². The number of carbonyl (C=O) groups is 1. The van der Waals surface area contributed by atoms with Crippen LogP contribution in [0.4, 0.5) is 0 Å². The number of Topliss-reactive ketones (excluding diaryl/α,β-unsaturated/α-hetero) is 1. The number of hydrogen-bond acceptors (Lipinski definition) is 2. The Morgan fingerprint density at radius 3 is 2.68 bits per heavy atom. The van der Waals surface area contributed by atoms with Gasteiger partial charge in [-0.25, -0.2) is 0 Å². The van der Waals surface area contributed by atoms with Gasteiger partial charge in [0.1, 0.15) is 0 Å². The molecule has 2 nitrogen and oxygen atoms in total. The van der Waals surface area contributed by atoms with Crippen molar-refractivity contribution in [2.75, 3.05) is 6.54 Å². The van der Waals surface area contributed by atoms with Gasteiger partial charge in [-0.05, 0) is 53.3 Å². The van der Waals surface area contributed by atoms with Crippen molar-refractivity contribution in [1.29, 1.82) is 0 Å². The molecule has 1 N–H and O–H groups in total. The largest absolute Gasteiger partial charge is 0.309 e. The van der Waals surface area contributed by atoms with Gasteiger partial charge in [-0.2, -0.15) is 0 Å². The smallest absolute Gasteiger partial charge is 0.168 e. The van der Waals surface area contributed by atoms with Crippen molar-refractivity contribution < 1.29 is 4.79 Å². The van der Waals surface area contributed by atoms with Crippen LogP contribution in [0.15, 0.2) is 60.7 Å². The fourth-order valence-corrected chi connectivity index (χ4v) is 4.68. The zero-order valence-electron chi connectivity index (χ0n) is 14.2. The van der Waals surface area contributed by atoms with E-state index >= 15 is 0 Å². The highest BCUT2D eigenvalue weighted by molar-refractivity contribution is 6.05. The van der Waals surface area contributed by atoms with Gasteiger partial charge in [0, 0.05) is 17.5 Å². The second-order valence-corrected chi connectivity index (χ2v) is 7.20. The van der Waals surface area contributed by atoms with Gasteiger partial charge in [-0.15, -0.1) is 0 Å². The standard InChI is InChI=1S/C23H21NO/c25-23-20-10-9-15-5-1-3-7-17(15)19(20)11-12-21(23)22-18-8-4-2-6-16(18)13-14-24-22/h1-10,21-22,24H,11-14H2/t21-,22-/m0/s1. The maximum Gasteiger partial charge on any atom is 0.168 e. The van der Waals surface area contributed by atoms with Crippen molar-refractivity contribution >= 4 is 16.6 Å². The third-order valence-corrected chi connectivity index (χ3v) is 5.90. The normalized spacial score (nSPS) is 22.5. The number of aryl methyl sites for hydroxylation is 1. The molecule has 1 heterocycles. The molecule has 0 fully saturated rings. The minimum atomic E-state index is 0.0371. The minimum absolute atomic E-state index is 0.0371. The van der Waals surface area contributed by atoms with E-state index in [1.807, 2.05) is 6.07 Å². The molecule has 2 heteroatoms. The molecule has 0 saturated carbocycles. The molecule has 0 radical (unpaired) electrons. The number of hydrogen-bond donors (Lipinski definition) is 1. The van der Waals surface area contributed by atoms with E-state index in [4.69, 9.17) is 0 Å². The van der Waals surface area contributed by atoms with Crippen LogP contribution in [-0.4, -0.2) is 12.3 Å². The zero-order valence-corrected chi connectivity index (χ0v) is 14.2. The number of fused-ring (bicyclic) bond motifs is 4. The van der Waals surface area contributed by atoms with Gasteiger partial charge in [0.25, 0.3) is 0 Å². The van der Waals surface area contributed by atoms with E-state index in [-0.39, 0.29) is 12.0 Å². The first-order valence-electron chi connectivity index (χ1n) is 9.19. The Kier molecular flexibility index (Phi) is 3.46. The van der Waals surface area contributed by atoms with E-state index in [0.29, 0.717) is 5.78 Å². The van der Waals surface area contributed by atoms with Crippen LogP contribution in [0.25, 0.3) is 10.8 Å². The number of rotatable bonds is 1. The highest BCUT2D eigenvalue weighted by Gasteiger charge is 2.36. The molecule has 1 aliphatic carbocycles. The fourth-order valence-electron chi connectivity index (χ4n) is 4.68. The molecule has 3 aromatic carbocycles. The second kappa shape index (κ2) is 5.82. The molecule has 0 amide bonds. The summed E-state index contributed by atoms with van der Waals surface area (Å²) in [6.45, 7) is 0.954. The highest BCUT2D eigenvalue weighted by atomic mass is 16.1. The summed E-state index contributed by atoms with van der Waals surface area (Å²) in [7, 11) is 0. The Morgan fingerprint density at radius 2 is 1.72 bits per heavy atom. The van der Waals surface area contributed by atoms with Crippen LogP contribution in [0.2, 0.25) is 0 Å². The van der Waals surface area contributed by atoms with Gasteiger partial charge in [0.05, 0.1) is 0 Å². The van der Waals surface area contributed by atoms with Gasteiger partial charge in [-0.3, -0.25) is 4.79 Å². The van der Waals surface area contributed by atoms with Crippen LogP contribution in [0, 0.1) is 5.92 Å². The molecule has 2 aliphatic rings. The first-order chi connectivity index (χ1) is 12.3. The van der Waals surface area contributed by atoms with E-state index in [9.17, 15) is 4.79 Å². The summed E-state index contributed by atoms with van der Waals surface area (Å²) in [4.78, 5) is 13.3.